The maximum absolute atomic E-state index is 12.7. The van der Waals surface area contributed by atoms with E-state index in [1.165, 1.54) is 6.39 Å². The molecule has 1 aromatic heterocycles. The molecule has 0 aliphatic carbocycles. The highest BCUT2D eigenvalue weighted by Crippen LogP contribution is 2.27. The summed E-state index contributed by atoms with van der Waals surface area (Å²) in [7, 11) is 0. The Labute approximate surface area is 162 Å². The maximum atomic E-state index is 12.7. The van der Waals surface area contributed by atoms with Crippen molar-refractivity contribution in [2.45, 2.75) is 19.8 Å². The topological polar surface area (TPSA) is 88.3 Å². The quantitative estimate of drug-likeness (QED) is 0.738. The molecule has 7 heteroatoms. The van der Waals surface area contributed by atoms with E-state index in [0.717, 1.165) is 23.2 Å². The zero-order valence-corrected chi connectivity index (χ0v) is 15.5. The number of hydrogen-bond donors (Lipinski definition) is 1. The molecule has 2 aromatic carbocycles. The summed E-state index contributed by atoms with van der Waals surface area (Å²) in [6.07, 6.45) is 2.36. The third-order valence-electron chi connectivity index (χ3n) is 4.86. The highest BCUT2D eigenvalue weighted by Gasteiger charge is 2.35. The van der Waals surface area contributed by atoms with Gasteiger partial charge in [-0.2, -0.15) is 0 Å². The number of nitrogens with zero attached hydrogens (tertiary/aromatic N) is 3. The minimum Gasteiger partial charge on any atom is -0.423 e. The van der Waals surface area contributed by atoms with E-state index in [1.807, 2.05) is 30.3 Å². The van der Waals surface area contributed by atoms with E-state index in [2.05, 4.69) is 22.4 Å². The maximum Gasteiger partial charge on any atom is 0.247 e. The Morgan fingerprint density at radius 1 is 1.25 bits per heavy atom. The number of anilines is 2. The van der Waals surface area contributed by atoms with Gasteiger partial charge in [-0.25, -0.2) is 0 Å². The van der Waals surface area contributed by atoms with E-state index in [-0.39, 0.29) is 18.2 Å². The number of nitrogens with one attached hydrogen (secondary N) is 1. The van der Waals surface area contributed by atoms with Gasteiger partial charge in [-0.3, -0.25) is 9.59 Å². The zero-order valence-electron chi connectivity index (χ0n) is 15.5. The van der Waals surface area contributed by atoms with Crippen LogP contribution in [0.3, 0.4) is 0 Å². The molecule has 0 saturated carbocycles. The molecule has 1 aliphatic rings. The predicted octanol–water partition coefficient (Wildman–Crippen LogP) is 3.29. The first-order chi connectivity index (χ1) is 13.6. The minimum atomic E-state index is -0.398. The number of benzene rings is 2. The molecule has 0 radical (unpaired) electrons. The van der Waals surface area contributed by atoms with Crippen molar-refractivity contribution < 1.29 is 14.0 Å². The number of amides is 2. The van der Waals surface area contributed by atoms with E-state index in [0.29, 0.717) is 18.1 Å². The molecule has 4 rings (SSSR count). The van der Waals surface area contributed by atoms with Crippen molar-refractivity contribution in [2.75, 3.05) is 16.8 Å². The van der Waals surface area contributed by atoms with Gasteiger partial charge in [0.25, 0.3) is 0 Å². The number of aromatic nitrogens is 2. The first-order valence-electron chi connectivity index (χ1n) is 9.21. The van der Waals surface area contributed by atoms with Crippen LogP contribution < -0.4 is 10.2 Å². The standard InChI is InChI=1S/C21H20N4O3/c1-2-14-5-3-8-18(9-14)25-12-16(11-19(25)26)20(27)23-17-7-4-6-15(10-17)21-24-22-13-28-21/h3-10,13,16H,2,11-12H2,1H3,(H,23,27). The van der Waals surface area contributed by atoms with E-state index in [9.17, 15) is 9.59 Å². The third kappa shape index (κ3) is 3.64. The van der Waals surface area contributed by atoms with Crippen LogP contribution >= 0.6 is 0 Å². The van der Waals surface area contributed by atoms with Crippen molar-refractivity contribution in [2.24, 2.45) is 5.92 Å². The van der Waals surface area contributed by atoms with Crippen molar-refractivity contribution in [1.82, 2.24) is 10.2 Å². The molecule has 0 bridgehead atoms. The fourth-order valence-electron chi connectivity index (χ4n) is 3.35. The van der Waals surface area contributed by atoms with Crippen molar-refractivity contribution in [3.63, 3.8) is 0 Å². The second kappa shape index (κ2) is 7.64. The largest absolute Gasteiger partial charge is 0.423 e. The summed E-state index contributed by atoms with van der Waals surface area (Å²) in [4.78, 5) is 26.9. The van der Waals surface area contributed by atoms with Gasteiger partial charge in [0.15, 0.2) is 0 Å². The molecule has 1 aliphatic heterocycles. The van der Waals surface area contributed by atoms with Crippen LogP contribution in [0.4, 0.5) is 11.4 Å². The van der Waals surface area contributed by atoms with Gasteiger partial charge in [-0.1, -0.05) is 25.1 Å². The van der Waals surface area contributed by atoms with Crippen LogP contribution in [0.15, 0.2) is 59.3 Å². The predicted molar refractivity (Wildman–Crippen MR) is 105 cm³/mol. The monoisotopic (exact) mass is 376 g/mol. The first-order valence-corrected chi connectivity index (χ1v) is 9.21. The third-order valence-corrected chi connectivity index (χ3v) is 4.86. The summed E-state index contributed by atoms with van der Waals surface area (Å²) >= 11 is 0. The van der Waals surface area contributed by atoms with Crippen LogP contribution in [0.25, 0.3) is 11.5 Å². The molecule has 1 fully saturated rings. The molecule has 0 spiro atoms. The highest BCUT2D eigenvalue weighted by molar-refractivity contribution is 6.03. The summed E-state index contributed by atoms with van der Waals surface area (Å²) in [6, 6.07) is 15.1. The summed E-state index contributed by atoms with van der Waals surface area (Å²) in [5.74, 6) is -0.225. The lowest BCUT2D eigenvalue weighted by Gasteiger charge is -2.17. The van der Waals surface area contributed by atoms with Crippen LogP contribution in [-0.2, 0) is 16.0 Å². The first kappa shape index (κ1) is 17.9. The van der Waals surface area contributed by atoms with E-state index in [1.54, 1.807) is 23.1 Å². The van der Waals surface area contributed by atoms with Gasteiger partial charge in [0.2, 0.25) is 24.1 Å². The molecule has 1 N–H and O–H groups in total. The van der Waals surface area contributed by atoms with Crippen LogP contribution in [0.1, 0.15) is 18.9 Å². The summed E-state index contributed by atoms with van der Waals surface area (Å²) in [5.41, 5.74) is 3.35. The van der Waals surface area contributed by atoms with Gasteiger partial charge in [0.05, 0.1) is 5.92 Å². The van der Waals surface area contributed by atoms with E-state index in [4.69, 9.17) is 4.42 Å². The number of carbonyl (C=O) groups is 2. The van der Waals surface area contributed by atoms with Crippen molar-refractivity contribution in [3.05, 3.63) is 60.5 Å². The van der Waals surface area contributed by atoms with Gasteiger partial charge in [0, 0.05) is 29.9 Å². The fraction of sp³-hybridized carbons (Fsp3) is 0.238. The molecule has 28 heavy (non-hydrogen) atoms. The normalized spacial score (nSPS) is 16.4. The molecule has 2 amide bonds. The van der Waals surface area contributed by atoms with Crippen molar-refractivity contribution >= 4 is 23.2 Å². The Hall–Kier alpha value is -3.48. The van der Waals surface area contributed by atoms with Crippen LogP contribution in [0.2, 0.25) is 0 Å². The minimum absolute atomic E-state index is 0.0342. The number of aryl methyl sites for hydroxylation is 1. The molecule has 1 atom stereocenters. The number of hydrogen-bond acceptors (Lipinski definition) is 5. The smallest absolute Gasteiger partial charge is 0.247 e. The van der Waals surface area contributed by atoms with Crippen molar-refractivity contribution in [1.29, 1.82) is 0 Å². The Bertz CT molecular complexity index is 1000. The molecule has 142 valence electrons. The van der Waals surface area contributed by atoms with Crippen molar-refractivity contribution in [3.8, 4) is 11.5 Å². The lowest BCUT2D eigenvalue weighted by atomic mass is 10.1. The van der Waals surface area contributed by atoms with Crippen LogP contribution in [0, 0.1) is 5.92 Å². The summed E-state index contributed by atoms with van der Waals surface area (Å²) in [6.45, 7) is 2.45. The second-order valence-corrected chi connectivity index (χ2v) is 6.74. The average molecular weight is 376 g/mol. The van der Waals surface area contributed by atoms with E-state index < -0.39 is 5.92 Å². The summed E-state index contributed by atoms with van der Waals surface area (Å²) < 4.78 is 5.19. The Morgan fingerprint density at radius 3 is 2.89 bits per heavy atom. The second-order valence-electron chi connectivity index (χ2n) is 6.74. The molecule has 3 aromatic rings. The fourth-order valence-corrected chi connectivity index (χ4v) is 3.35. The van der Waals surface area contributed by atoms with E-state index >= 15 is 0 Å². The van der Waals surface area contributed by atoms with Crippen LogP contribution in [-0.4, -0.2) is 28.6 Å². The highest BCUT2D eigenvalue weighted by atomic mass is 16.4. The Kier molecular flexibility index (Phi) is 4.89. The molecule has 1 unspecified atom stereocenters. The van der Waals surface area contributed by atoms with Gasteiger partial charge >= 0.3 is 0 Å². The SMILES string of the molecule is CCc1cccc(N2CC(C(=O)Nc3cccc(-c4nnco4)c3)CC2=O)c1. The Morgan fingerprint density at radius 2 is 2.11 bits per heavy atom. The Balaban J connectivity index is 1.46. The number of carbonyl (C=O) groups excluding carboxylic acids is 2. The zero-order chi connectivity index (χ0) is 19.5. The summed E-state index contributed by atoms with van der Waals surface area (Å²) in [5, 5.41) is 10.4. The van der Waals surface area contributed by atoms with Gasteiger partial charge in [-0.15, -0.1) is 10.2 Å². The molecular formula is C21H20N4O3. The van der Waals surface area contributed by atoms with Gasteiger partial charge in [-0.05, 0) is 42.3 Å². The number of rotatable bonds is 5. The molecule has 1 saturated heterocycles. The molecule has 2 heterocycles. The van der Waals surface area contributed by atoms with Gasteiger partial charge < -0.3 is 14.6 Å². The average Bonchev–Trinajstić information content (AvgIpc) is 3.38. The van der Waals surface area contributed by atoms with Crippen LogP contribution in [0.5, 0.6) is 0 Å². The molecular weight excluding hydrogens is 356 g/mol. The lowest BCUT2D eigenvalue weighted by molar-refractivity contribution is -0.122. The van der Waals surface area contributed by atoms with Gasteiger partial charge in [0.1, 0.15) is 0 Å². The lowest BCUT2D eigenvalue weighted by Crippen LogP contribution is -2.28. The molecule has 7 nitrogen and oxygen atoms in total.